The van der Waals surface area contributed by atoms with Crippen LogP contribution in [0.1, 0.15) is 11.3 Å². The molecule has 0 fully saturated rings. The van der Waals surface area contributed by atoms with Crippen molar-refractivity contribution in [3.8, 4) is 0 Å². The van der Waals surface area contributed by atoms with Crippen molar-refractivity contribution in [3.63, 3.8) is 0 Å². The van der Waals surface area contributed by atoms with Crippen molar-refractivity contribution in [3.05, 3.63) is 114 Å². The topological polar surface area (TPSA) is 70.8 Å². The Morgan fingerprint density at radius 3 is 2.11 bits per heavy atom. The van der Waals surface area contributed by atoms with Crippen molar-refractivity contribution in [1.29, 1.82) is 0 Å². The van der Waals surface area contributed by atoms with Gasteiger partial charge in [0.25, 0.3) is 0 Å². The number of sulfonamides is 1. The van der Waals surface area contributed by atoms with Crippen LogP contribution in [-0.4, -0.2) is 25.2 Å². The fraction of sp³-hybridized carbons (Fsp3) is 0.0741. The first-order valence-electron chi connectivity index (χ1n) is 11.0. The molecular formula is C27H22N2O4S2. The van der Waals surface area contributed by atoms with Gasteiger partial charge in [-0.1, -0.05) is 66.4 Å². The average molecular weight is 503 g/mol. The van der Waals surface area contributed by atoms with E-state index in [-0.39, 0.29) is 19.0 Å². The first kappa shape index (κ1) is 23.2. The summed E-state index contributed by atoms with van der Waals surface area (Å²) in [5.74, 6) is 0.0953. The van der Waals surface area contributed by atoms with E-state index in [0.29, 0.717) is 5.76 Å². The summed E-state index contributed by atoms with van der Waals surface area (Å²) in [6.45, 7) is -0.415. The first-order valence-corrected chi connectivity index (χ1v) is 13.3. The third kappa shape index (κ3) is 5.09. The Bertz CT molecular complexity index is 1420. The van der Waals surface area contributed by atoms with Crippen LogP contribution in [0.5, 0.6) is 0 Å². The molecule has 6 nitrogen and oxygen atoms in total. The summed E-state index contributed by atoms with van der Waals surface area (Å²) in [5.41, 5.74) is 2.21. The van der Waals surface area contributed by atoms with E-state index < -0.39 is 10.0 Å². The fourth-order valence-corrected chi connectivity index (χ4v) is 5.98. The molecule has 4 aromatic rings. The second-order valence-corrected chi connectivity index (χ2v) is 10.8. The third-order valence-corrected chi connectivity index (χ3v) is 8.09. The number of para-hydroxylation sites is 2. The van der Waals surface area contributed by atoms with Gasteiger partial charge in [0, 0.05) is 15.2 Å². The number of rotatable bonds is 7. The minimum absolute atomic E-state index is 0.0634. The fourth-order valence-electron chi connectivity index (χ4n) is 3.82. The third-order valence-electron chi connectivity index (χ3n) is 5.50. The standard InChI is InChI=1S/C27H22N2O4S2/c30-27(29-23-12-4-6-14-25(23)34-26-15-7-5-13-24(26)29)20-28(19-22-11-8-17-33-22)35(31,32)18-16-21-9-2-1-3-10-21/h1-18H,19-20H2/b18-16+. The van der Waals surface area contributed by atoms with Crippen molar-refractivity contribution in [2.24, 2.45) is 0 Å². The second kappa shape index (κ2) is 9.95. The van der Waals surface area contributed by atoms with E-state index in [1.54, 1.807) is 28.8 Å². The molecule has 1 aromatic heterocycles. The quantitative estimate of drug-likeness (QED) is 0.314. The summed E-state index contributed by atoms with van der Waals surface area (Å²) in [4.78, 5) is 17.2. The lowest BCUT2D eigenvalue weighted by molar-refractivity contribution is -0.118. The summed E-state index contributed by atoms with van der Waals surface area (Å²) in [7, 11) is -3.95. The lowest BCUT2D eigenvalue weighted by atomic mass is 10.2. The number of carbonyl (C=O) groups is 1. The van der Waals surface area contributed by atoms with Crippen molar-refractivity contribution >= 4 is 45.1 Å². The number of hydrogen-bond donors (Lipinski definition) is 0. The zero-order valence-corrected chi connectivity index (χ0v) is 20.3. The highest BCUT2D eigenvalue weighted by molar-refractivity contribution is 7.99. The van der Waals surface area contributed by atoms with E-state index in [4.69, 9.17) is 4.42 Å². The Morgan fingerprint density at radius 1 is 0.857 bits per heavy atom. The van der Waals surface area contributed by atoms with Crippen LogP contribution in [-0.2, 0) is 21.4 Å². The van der Waals surface area contributed by atoms with Crippen molar-refractivity contribution in [2.45, 2.75) is 16.3 Å². The van der Waals surface area contributed by atoms with Gasteiger partial charge in [0.15, 0.2) is 0 Å². The van der Waals surface area contributed by atoms with Crippen LogP contribution >= 0.6 is 11.8 Å². The lowest BCUT2D eigenvalue weighted by Gasteiger charge is -2.32. The number of hydrogen-bond acceptors (Lipinski definition) is 5. The maximum absolute atomic E-state index is 13.7. The molecule has 0 N–H and O–H groups in total. The molecule has 0 aliphatic carbocycles. The molecule has 0 bridgehead atoms. The number of carbonyl (C=O) groups excluding carboxylic acids is 1. The lowest BCUT2D eigenvalue weighted by Crippen LogP contribution is -2.41. The molecular weight excluding hydrogens is 480 g/mol. The molecule has 1 aliphatic rings. The molecule has 3 aromatic carbocycles. The summed E-state index contributed by atoms with van der Waals surface area (Å²) in [6.07, 6.45) is 3.01. The van der Waals surface area contributed by atoms with Gasteiger partial charge < -0.3 is 4.42 Å². The summed E-state index contributed by atoms with van der Waals surface area (Å²) in [5, 5.41) is 1.13. The van der Waals surface area contributed by atoms with Gasteiger partial charge in [-0.2, -0.15) is 4.31 Å². The molecule has 2 heterocycles. The van der Waals surface area contributed by atoms with Gasteiger partial charge in [-0.05, 0) is 48.0 Å². The molecule has 0 saturated heterocycles. The molecule has 1 amide bonds. The van der Waals surface area contributed by atoms with E-state index in [1.807, 2.05) is 78.9 Å². The largest absolute Gasteiger partial charge is 0.468 e. The zero-order chi connectivity index (χ0) is 24.3. The van der Waals surface area contributed by atoms with E-state index in [2.05, 4.69) is 0 Å². The predicted molar refractivity (Wildman–Crippen MR) is 138 cm³/mol. The Balaban J connectivity index is 1.48. The van der Waals surface area contributed by atoms with Gasteiger partial charge >= 0.3 is 0 Å². The Kier molecular flexibility index (Phi) is 6.59. The van der Waals surface area contributed by atoms with Crippen LogP contribution in [0.25, 0.3) is 6.08 Å². The van der Waals surface area contributed by atoms with Crippen LogP contribution in [0.2, 0.25) is 0 Å². The molecule has 0 spiro atoms. The van der Waals surface area contributed by atoms with E-state index in [1.165, 1.54) is 12.3 Å². The highest BCUT2D eigenvalue weighted by Crippen LogP contribution is 2.47. The molecule has 176 valence electrons. The normalized spacial score (nSPS) is 13.1. The smallest absolute Gasteiger partial charge is 0.246 e. The molecule has 1 aliphatic heterocycles. The number of fused-ring (bicyclic) bond motifs is 2. The SMILES string of the molecule is O=C(CN(Cc1ccco1)S(=O)(=O)/C=C/c1ccccc1)N1c2ccccc2Sc2ccccc21. The molecule has 35 heavy (non-hydrogen) atoms. The molecule has 0 radical (unpaired) electrons. The summed E-state index contributed by atoms with van der Waals surface area (Å²) < 4.78 is 33.3. The van der Waals surface area contributed by atoms with Gasteiger partial charge in [0.2, 0.25) is 15.9 Å². The summed E-state index contributed by atoms with van der Waals surface area (Å²) in [6, 6.07) is 27.8. The number of anilines is 2. The van der Waals surface area contributed by atoms with Crippen molar-refractivity contribution < 1.29 is 17.6 Å². The molecule has 5 rings (SSSR count). The number of benzene rings is 3. The van der Waals surface area contributed by atoms with Crippen LogP contribution in [0.15, 0.2) is 117 Å². The zero-order valence-electron chi connectivity index (χ0n) is 18.7. The van der Waals surface area contributed by atoms with Gasteiger partial charge in [-0.3, -0.25) is 9.69 Å². The van der Waals surface area contributed by atoms with E-state index >= 15 is 0 Å². The Morgan fingerprint density at radius 2 is 1.49 bits per heavy atom. The minimum atomic E-state index is -3.95. The van der Waals surface area contributed by atoms with Crippen LogP contribution in [0.3, 0.4) is 0 Å². The number of furan rings is 1. The Hall–Kier alpha value is -3.59. The van der Waals surface area contributed by atoms with E-state index in [9.17, 15) is 13.2 Å². The maximum atomic E-state index is 13.7. The average Bonchev–Trinajstić information content (AvgIpc) is 3.39. The first-order chi connectivity index (χ1) is 17.0. The van der Waals surface area contributed by atoms with Crippen LogP contribution in [0, 0.1) is 0 Å². The van der Waals surface area contributed by atoms with Crippen LogP contribution < -0.4 is 4.90 Å². The Labute approximate surface area is 208 Å². The minimum Gasteiger partial charge on any atom is -0.468 e. The van der Waals surface area contributed by atoms with Gasteiger partial charge in [-0.15, -0.1) is 0 Å². The van der Waals surface area contributed by atoms with Crippen molar-refractivity contribution in [2.75, 3.05) is 11.4 Å². The van der Waals surface area contributed by atoms with Gasteiger partial charge in [0.05, 0.1) is 30.7 Å². The van der Waals surface area contributed by atoms with Crippen LogP contribution in [0.4, 0.5) is 11.4 Å². The molecule has 0 atom stereocenters. The highest BCUT2D eigenvalue weighted by atomic mass is 32.2. The van der Waals surface area contributed by atoms with Gasteiger partial charge in [-0.25, -0.2) is 8.42 Å². The number of amides is 1. The maximum Gasteiger partial charge on any atom is 0.246 e. The highest BCUT2D eigenvalue weighted by Gasteiger charge is 2.31. The van der Waals surface area contributed by atoms with Crippen molar-refractivity contribution in [1.82, 2.24) is 4.31 Å². The predicted octanol–water partition coefficient (Wildman–Crippen LogP) is 5.91. The molecule has 0 unspecified atom stereocenters. The monoisotopic (exact) mass is 502 g/mol. The number of nitrogens with zero attached hydrogens (tertiary/aromatic N) is 2. The summed E-state index contributed by atoms with van der Waals surface area (Å²) >= 11 is 1.59. The molecule has 0 saturated carbocycles. The van der Waals surface area contributed by atoms with E-state index in [0.717, 1.165) is 36.4 Å². The van der Waals surface area contributed by atoms with Gasteiger partial charge in [0.1, 0.15) is 5.76 Å². The second-order valence-electron chi connectivity index (χ2n) is 7.87. The molecule has 8 heteroatoms.